The molecule has 268 valence electrons. The fourth-order valence-electron chi connectivity index (χ4n) is 5.66. The van der Waals surface area contributed by atoms with Crippen LogP contribution in [-0.2, 0) is 16.0 Å². The molecule has 2 amide bonds. The molecule has 1 aliphatic rings. The van der Waals surface area contributed by atoms with E-state index in [-0.39, 0.29) is 17.1 Å². The summed E-state index contributed by atoms with van der Waals surface area (Å²) in [6.45, 7) is 17.0. The molecule has 0 aliphatic carbocycles. The van der Waals surface area contributed by atoms with Crippen LogP contribution in [0.15, 0.2) is 114 Å². The molecule has 1 saturated heterocycles. The smallest absolute Gasteiger partial charge is 0.292 e. The summed E-state index contributed by atoms with van der Waals surface area (Å²) in [7, 11) is 0. The molecule has 8 nitrogen and oxygen atoms in total. The molecule has 1 aliphatic heterocycles. The van der Waals surface area contributed by atoms with Gasteiger partial charge in [0.15, 0.2) is 5.82 Å². The Hall–Kier alpha value is -5.28. The summed E-state index contributed by atoms with van der Waals surface area (Å²) >= 11 is 6.16. The Kier molecular flexibility index (Phi) is 11.6. The number of benzene rings is 3. The Morgan fingerprint density at radius 3 is 2.19 bits per heavy atom. The predicted octanol–water partition coefficient (Wildman–Crippen LogP) is 9.28. The lowest BCUT2D eigenvalue weighted by atomic mass is 9.87. The van der Waals surface area contributed by atoms with Gasteiger partial charge in [0.2, 0.25) is 5.91 Å². The molecule has 4 aromatic rings. The average Bonchev–Trinajstić information content (AvgIpc) is 3.10. The van der Waals surface area contributed by atoms with E-state index in [0.29, 0.717) is 52.8 Å². The number of hydrogen-bond acceptors (Lipinski definition) is 6. The predicted molar refractivity (Wildman–Crippen MR) is 206 cm³/mol. The van der Waals surface area contributed by atoms with Crippen LogP contribution in [0.1, 0.15) is 45.7 Å². The SMILES string of the molecule is C=C([C@H](Cc1ccc(-c2ncc(-c3ccc(-c4ccc(Cl)c(C)c4)cc3F)cn2)cc1)NC(=O)/C(C)=C/C=C(\C)C(C)(C)C)N1CC(C(=O)N=O)C1. The van der Waals surface area contributed by atoms with Crippen LogP contribution in [0, 0.1) is 29.0 Å². The molecule has 0 spiro atoms. The van der Waals surface area contributed by atoms with E-state index in [2.05, 4.69) is 47.8 Å². The minimum Gasteiger partial charge on any atom is -0.372 e. The van der Waals surface area contributed by atoms with Gasteiger partial charge < -0.3 is 10.2 Å². The van der Waals surface area contributed by atoms with Crippen molar-refractivity contribution in [3.05, 3.63) is 136 Å². The number of aryl methyl sites for hydroxylation is 1. The molecule has 1 fully saturated rings. The summed E-state index contributed by atoms with van der Waals surface area (Å²) in [6, 6.07) is 17.9. The van der Waals surface area contributed by atoms with E-state index in [1.165, 1.54) is 6.07 Å². The van der Waals surface area contributed by atoms with Crippen molar-refractivity contribution < 1.29 is 14.0 Å². The van der Waals surface area contributed by atoms with E-state index in [9.17, 15) is 14.5 Å². The number of carbonyl (C=O) groups excluding carboxylic acids is 2. The van der Waals surface area contributed by atoms with Gasteiger partial charge in [0, 0.05) is 63.6 Å². The summed E-state index contributed by atoms with van der Waals surface area (Å²) in [6.07, 6.45) is 7.42. The second kappa shape index (κ2) is 15.9. The van der Waals surface area contributed by atoms with Gasteiger partial charge in [0.05, 0.1) is 12.0 Å². The first kappa shape index (κ1) is 38.0. The number of nitrogens with one attached hydrogen (secondary N) is 1. The number of carbonyl (C=O) groups is 2. The number of hydrogen-bond donors (Lipinski definition) is 1. The van der Waals surface area contributed by atoms with Gasteiger partial charge in [0.25, 0.3) is 5.91 Å². The lowest BCUT2D eigenvalue weighted by Gasteiger charge is -2.42. The van der Waals surface area contributed by atoms with Gasteiger partial charge in [-0.2, -0.15) is 0 Å². The summed E-state index contributed by atoms with van der Waals surface area (Å²) in [4.78, 5) is 46.8. The first-order valence-electron chi connectivity index (χ1n) is 17.1. The average molecular weight is 720 g/mol. The Balaban J connectivity index is 1.30. The van der Waals surface area contributed by atoms with Crippen molar-refractivity contribution in [3.8, 4) is 33.6 Å². The van der Waals surface area contributed by atoms with Crippen LogP contribution in [0.2, 0.25) is 5.02 Å². The van der Waals surface area contributed by atoms with Gasteiger partial charge in [-0.15, -0.1) is 4.91 Å². The van der Waals surface area contributed by atoms with Crippen molar-refractivity contribution in [2.24, 2.45) is 16.5 Å². The Morgan fingerprint density at radius 1 is 0.981 bits per heavy atom. The van der Waals surface area contributed by atoms with Crippen molar-refractivity contribution in [2.75, 3.05) is 13.1 Å². The Labute approximate surface area is 309 Å². The van der Waals surface area contributed by atoms with E-state index in [1.54, 1.807) is 31.5 Å². The monoisotopic (exact) mass is 719 g/mol. The van der Waals surface area contributed by atoms with Crippen LogP contribution in [0.5, 0.6) is 0 Å². The van der Waals surface area contributed by atoms with Crippen LogP contribution in [0.3, 0.4) is 0 Å². The maximum absolute atomic E-state index is 15.3. The number of allylic oxidation sites excluding steroid dienone is 3. The number of amides is 2. The lowest BCUT2D eigenvalue weighted by molar-refractivity contribution is -0.126. The standard InChI is InChI=1S/C42H43ClFN5O3/c1-25(8-9-27(3)42(5,6)7)40(50)47-38(28(4)49-23-34(24-49)41(51)48-52)19-29-10-12-30(13-11-29)39-45-21-33(22-46-39)35-16-14-32(20-37(35)44)31-15-17-36(43)26(2)18-31/h8-18,20-22,34,38H,4,19,23-24H2,1-3,5-7H3,(H,47,50)/b25-8+,27-9+/t38-/m0/s1. The van der Waals surface area contributed by atoms with E-state index in [4.69, 9.17) is 11.6 Å². The molecule has 0 unspecified atom stereocenters. The van der Waals surface area contributed by atoms with E-state index >= 15 is 4.39 Å². The number of nitrogens with zero attached hydrogens (tertiary/aromatic N) is 4. The zero-order chi connectivity index (χ0) is 37.7. The first-order chi connectivity index (χ1) is 24.6. The molecule has 10 heteroatoms. The lowest BCUT2D eigenvalue weighted by Crippen LogP contribution is -2.53. The third-order valence-electron chi connectivity index (χ3n) is 9.63. The minimum atomic E-state index is -0.678. The summed E-state index contributed by atoms with van der Waals surface area (Å²) in [5.41, 5.74) is 7.52. The Bertz CT molecular complexity index is 2060. The normalized spacial score (nSPS) is 14.4. The molecule has 1 atom stereocenters. The van der Waals surface area contributed by atoms with Crippen LogP contribution < -0.4 is 5.32 Å². The van der Waals surface area contributed by atoms with E-state index < -0.39 is 17.9 Å². The number of nitroso groups, excluding NO2 is 1. The highest BCUT2D eigenvalue weighted by Crippen LogP contribution is 2.31. The van der Waals surface area contributed by atoms with Gasteiger partial charge in [-0.1, -0.05) is 99.1 Å². The summed E-state index contributed by atoms with van der Waals surface area (Å²) in [5, 5.41) is 6.34. The number of likely N-dealkylation sites (tertiary alicyclic amines) is 1. The van der Waals surface area contributed by atoms with Crippen molar-refractivity contribution in [2.45, 2.75) is 54.0 Å². The largest absolute Gasteiger partial charge is 0.372 e. The summed E-state index contributed by atoms with van der Waals surface area (Å²) < 4.78 is 15.3. The number of halogens is 2. The van der Waals surface area contributed by atoms with E-state index in [1.807, 2.05) is 73.4 Å². The van der Waals surface area contributed by atoms with Crippen LogP contribution >= 0.6 is 11.6 Å². The first-order valence-corrected chi connectivity index (χ1v) is 17.5. The molecule has 1 N–H and O–H groups in total. The maximum atomic E-state index is 15.3. The fourth-order valence-corrected chi connectivity index (χ4v) is 5.78. The zero-order valence-corrected chi connectivity index (χ0v) is 31.1. The molecular formula is C42H43ClFN5O3. The molecule has 3 aromatic carbocycles. The van der Waals surface area contributed by atoms with Gasteiger partial charge in [0.1, 0.15) is 5.82 Å². The topological polar surface area (TPSA) is 105 Å². The van der Waals surface area contributed by atoms with Crippen molar-refractivity contribution in [1.29, 1.82) is 0 Å². The second-order valence-electron chi connectivity index (χ2n) is 14.4. The maximum Gasteiger partial charge on any atom is 0.292 e. The fraction of sp³-hybridized carbons (Fsp3) is 0.286. The van der Waals surface area contributed by atoms with Crippen LogP contribution in [0.25, 0.3) is 33.6 Å². The third-order valence-corrected chi connectivity index (χ3v) is 10.1. The highest BCUT2D eigenvalue weighted by Gasteiger charge is 2.36. The van der Waals surface area contributed by atoms with E-state index in [0.717, 1.165) is 33.4 Å². The van der Waals surface area contributed by atoms with Gasteiger partial charge in [-0.25, -0.2) is 14.4 Å². The number of rotatable bonds is 11. The quantitative estimate of drug-likeness (QED) is 0.0942. The van der Waals surface area contributed by atoms with Crippen molar-refractivity contribution in [3.63, 3.8) is 0 Å². The van der Waals surface area contributed by atoms with Crippen LogP contribution in [0.4, 0.5) is 4.39 Å². The molecule has 5 rings (SSSR count). The number of aromatic nitrogens is 2. The molecule has 0 bridgehead atoms. The molecular weight excluding hydrogens is 677 g/mol. The summed E-state index contributed by atoms with van der Waals surface area (Å²) in [5.74, 6) is -1.28. The Morgan fingerprint density at radius 2 is 1.60 bits per heavy atom. The second-order valence-corrected chi connectivity index (χ2v) is 14.8. The zero-order valence-electron chi connectivity index (χ0n) is 30.3. The van der Waals surface area contributed by atoms with Gasteiger partial charge >= 0.3 is 0 Å². The van der Waals surface area contributed by atoms with Crippen molar-refractivity contribution in [1.82, 2.24) is 20.2 Å². The van der Waals surface area contributed by atoms with Gasteiger partial charge in [-0.3, -0.25) is 9.59 Å². The van der Waals surface area contributed by atoms with Crippen LogP contribution in [-0.4, -0.2) is 45.8 Å². The van der Waals surface area contributed by atoms with Gasteiger partial charge in [-0.05, 0) is 73.1 Å². The molecule has 2 heterocycles. The highest BCUT2D eigenvalue weighted by atomic mass is 35.5. The highest BCUT2D eigenvalue weighted by molar-refractivity contribution is 6.31. The molecule has 1 aromatic heterocycles. The molecule has 0 radical (unpaired) electrons. The third kappa shape index (κ3) is 8.95. The minimum absolute atomic E-state index is 0.0200. The molecule has 52 heavy (non-hydrogen) atoms. The van der Waals surface area contributed by atoms with Crippen molar-refractivity contribution >= 4 is 23.4 Å². The molecule has 0 saturated carbocycles.